The molecule has 1 unspecified atom stereocenters. The zero-order valence-electron chi connectivity index (χ0n) is 15.4. The van der Waals surface area contributed by atoms with Gasteiger partial charge in [-0.25, -0.2) is 17.5 Å². The first kappa shape index (κ1) is 21.3. The van der Waals surface area contributed by atoms with E-state index >= 15 is 0 Å². The molecule has 3 rings (SSSR count). The number of hydrogen-bond donors (Lipinski definition) is 3. The summed E-state index contributed by atoms with van der Waals surface area (Å²) < 4.78 is 45.6. The van der Waals surface area contributed by atoms with Gasteiger partial charge in [0.2, 0.25) is 10.0 Å². The highest BCUT2D eigenvalue weighted by molar-refractivity contribution is 7.89. The second kappa shape index (κ2) is 9.40. The topological polar surface area (TPSA) is 96.5 Å². The third kappa shape index (κ3) is 6.04. The number of thiocarbonyl (C=S) groups is 1. The summed E-state index contributed by atoms with van der Waals surface area (Å²) in [5, 5.41) is 5.31. The number of sulfonamides is 1. The molecule has 1 saturated heterocycles. The van der Waals surface area contributed by atoms with Gasteiger partial charge in [0.25, 0.3) is 5.91 Å². The summed E-state index contributed by atoms with van der Waals surface area (Å²) >= 11 is 5.09. The van der Waals surface area contributed by atoms with Crippen molar-refractivity contribution in [1.29, 1.82) is 0 Å². The van der Waals surface area contributed by atoms with Gasteiger partial charge in [0, 0.05) is 24.4 Å². The van der Waals surface area contributed by atoms with Crippen LogP contribution in [-0.2, 0) is 14.8 Å². The third-order valence-electron chi connectivity index (χ3n) is 4.28. The molecule has 2 aromatic rings. The first-order valence-electron chi connectivity index (χ1n) is 8.93. The molecular weight excluding hydrogens is 417 g/mol. The standard InChI is InChI=1S/C19H20FN3O4S2/c20-14-5-3-13(4-6-14)18(24)23-19(28)22-15-7-9-17(10-8-15)29(25,26)21-12-16-2-1-11-27-16/h3-10,16,21H,1-2,11-12H2,(H2,22,23,24,28). The van der Waals surface area contributed by atoms with Crippen LogP contribution in [0.25, 0.3) is 0 Å². The van der Waals surface area contributed by atoms with Crippen molar-refractivity contribution in [2.24, 2.45) is 0 Å². The number of ether oxygens (including phenoxy) is 1. The Hall–Kier alpha value is -2.40. The number of carbonyl (C=O) groups is 1. The Morgan fingerprint density at radius 2 is 1.83 bits per heavy atom. The molecule has 1 amide bonds. The van der Waals surface area contributed by atoms with Crippen molar-refractivity contribution in [3.05, 3.63) is 59.9 Å². The second-order valence-corrected chi connectivity index (χ2v) is 8.60. The number of halogens is 1. The van der Waals surface area contributed by atoms with Crippen LogP contribution in [0.3, 0.4) is 0 Å². The molecule has 29 heavy (non-hydrogen) atoms. The minimum absolute atomic E-state index is 0.0337. The lowest BCUT2D eigenvalue weighted by atomic mass is 10.2. The Bertz CT molecular complexity index is 974. The fraction of sp³-hybridized carbons (Fsp3) is 0.263. The molecule has 1 fully saturated rings. The highest BCUT2D eigenvalue weighted by atomic mass is 32.2. The van der Waals surface area contributed by atoms with E-state index in [-0.39, 0.29) is 28.2 Å². The summed E-state index contributed by atoms with van der Waals surface area (Å²) in [5.74, 6) is -0.928. The normalized spacial score (nSPS) is 16.4. The van der Waals surface area contributed by atoms with Gasteiger partial charge in [0.15, 0.2) is 5.11 Å². The number of rotatable bonds is 6. The lowest BCUT2D eigenvalue weighted by molar-refractivity contribution is 0.0977. The van der Waals surface area contributed by atoms with Gasteiger partial charge in [-0.2, -0.15) is 0 Å². The van der Waals surface area contributed by atoms with E-state index in [9.17, 15) is 17.6 Å². The van der Waals surface area contributed by atoms with Crippen LogP contribution >= 0.6 is 12.2 Å². The molecule has 1 atom stereocenters. The lowest BCUT2D eigenvalue weighted by Gasteiger charge is -2.12. The molecule has 154 valence electrons. The van der Waals surface area contributed by atoms with Crippen LogP contribution in [0.5, 0.6) is 0 Å². The maximum absolute atomic E-state index is 12.9. The quantitative estimate of drug-likeness (QED) is 0.601. The van der Waals surface area contributed by atoms with Gasteiger partial charge in [0.05, 0.1) is 11.0 Å². The second-order valence-electron chi connectivity index (χ2n) is 6.43. The molecule has 10 heteroatoms. The first-order valence-corrected chi connectivity index (χ1v) is 10.8. The highest BCUT2D eigenvalue weighted by Crippen LogP contribution is 2.16. The molecule has 2 aromatic carbocycles. The lowest BCUT2D eigenvalue weighted by Crippen LogP contribution is -2.34. The number of benzene rings is 2. The molecular formula is C19H20FN3O4S2. The van der Waals surface area contributed by atoms with Crippen molar-refractivity contribution in [3.63, 3.8) is 0 Å². The van der Waals surface area contributed by atoms with E-state index in [1.807, 2.05) is 0 Å². The van der Waals surface area contributed by atoms with Crippen LogP contribution < -0.4 is 15.4 Å². The smallest absolute Gasteiger partial charge is 0.257 e. The Labute approximate surface area is 173 Å². The van der Waals surface area contributed by atoms with Gasteiger partial charge in [-0.05, 0) is 73.6 Å². The number of nitrogens with one attached hydrogen (secondary N) is 3. The number of anilines is 1. The van der Waals surface area contributed by atoms with E-state index in [1.54, 1.807) is 0 Å². The van der Waals surface area contributed by atoms with Crippen molar-refractivity contribution in [2.45, 2.75) is 23.8 Å². The maximum Gasteiger partial charge on any atom is 0.257 e. The summed E-state index contributed by atoms with van der Waals surface area (Å²) in [7, 11) is -3.64. The molecule has 1 heterocycles. The number of hydrogen-bond acceptors (Lipinski definition) is 5. The van der Waals surface area contributed by atoms with Gasteiger partial charge in [-0.3, -0.25) is 10.1 Å². The average molecular weight is 438 g/mol. The van der Waals surface area contributed by atoms with Crippen molar-refractivity contribution in [1.82, 2.24) is 10.0 Å². The van der Waals surface area contributed by atoms with Crippen LogP contribution in [0.1, 0.15) is 23.2 Å². The van der Waals surface area contributed by atoms with E-state index in [2.05, 4.69) is 15.4 Å². The fourth-order valence-corrected chi connectivity index (χ4v) is 4.02. The Morgan fingerprint density at radius 1 is 1.14 bits per heavy atom. The summed E-state index contributed by atoms with van der Waals surface area (Å²) in [6.45, 7) is 0.895. The van der Waals surface area contributed by atoms with E-state index < -0.39 is 21.7 Å². The summed E-state index contributed by atoms with van der Waals surface area (Å²) in [4.78, 5) is 12.2. The monoisotopic (exact) mass is 437 g/mol. The highest BCUT2D eigenvalue weighted by Gasteiger charge is 2.20. The SMILES string of the molecule is O=C(NC(=S)Nc1ccc(S(=O)(=O)NCC2CCCO2)cc1)c1ccc(F)cc1. The Kier molecular flexibility index (Phi) is 6.91. The van der Waals surface area contributed by atoms with Gasteiger partial charge < -0.3 is 10.1 Å². The molecule has 0 aromatic heterocycles. The third-order valence-corrected chi connectivity index (χ3v) is 5.92. The zero-order valence-corrected chi connectivity index (χ0v) is 17.0. The average Bonchev–Trinajstić information content (AvgIpc) is 3.21. The van der Waals surface area contributed by atoms with E-state index in [0.717, 1.165) is 12.8 Å². The molecule has 1 aliphatic heterocycles. The van der Waals surface area contributed by atoms with Crippen LogP contribution in [-0.4, -0.2) is 38.7 Å². The van der Waals surface area contributed by atoms with Crippen LogP contribution in [0.15, 0.2) is 53.4 Å². The summed E-state index contributed by atoms with van der Waals surface area (Å²) in [6, 6.07) is 11.0. The molecule has 1 aliphatic rings. The minimum Gasteiger partial charge on any atom is -0.377 e. The predicted molar refractivity (Wildman–Crippen MR) is 111 cm³/mol. The van der Waals surface area contributed by atoms with Crippen molar-refractivity contribution >= 4 is 38.9 Å². The Balaban J connectivity index is 1.54. The first-order chi connectivity index (χ1) is 13.8. The van der Waals surface area contributed by atoms with E-state index in [1.165, 1.54) is 48.5 Å². The minimum atomic E-state index is -3.64. The van der Waals surface area contributed by atoms with Crippen LogP contribution in [0.2, 0.25) is 0 Å². The summed E-state index contributed by atoms with van der Waals surface area (Å²) in [6.07, 6.45) is 1.68. The van der Waals surface area contributed by atoms with Crippen LogP contribution in [0, 0.1) is 5.82 Å². The molecule has 0 aliphatic carbocycles. The molecule has 0 spiro atoms. The fourth-order valence-electron chi connectivity index (χ4n) is 2.75. The van der Waals surface area contributed by atoms with Crippen LogP contribution in [0.4, 0.5) is 10.1 Å². The maximum atomic E-state index is 12.9. The van der Waals surface area contributed by atoms with Gasteiger partial charge in [-0.1, -0.05) is 0 Å². The van der Waals surface area contributed by atoms with Crippen molar-refractivity contribution < 1.29 is 22.3 Å². The van der Waals surface area contributed by atoms with Crippen molar-refractivity contribution in [3.8, 4) is 0 Å². The molecule has 0 saturated carbocycles. The van der Waals surface area contributed by atoms with Gasteiger partial charge in [-0.15, -0.1) is 0 Å². The molecule has 7 nitrogen and oxygen atoms in total. The predicted octanol–water partition coefficient (Wildman–Crippen LogP) is 2.41. The zero-order chi connectivity index (χ0) is 20.9. The molecule has 3 N–H and O–H groups in total. The Morgan fingerprint density at radius 3 is 2.45 bits per heavy atom. The molecule has 0 radical (unpaired) electrons. The van der Waals surface area contributed by atoms with E-state index in [0.29, 0.717) is 12.3 Å². The number of carbonyl (C=O) groups excluding carboxylic acids is 1. The molecule has 0 bridgehead atoms. The number of amides is 1. The van der Waals surface area contributed by atoms with Gasteiger partial charge >= 0.3 is 0 Å². The van der Waals surface area contributed by atoms with Crippen molar-refractivity contribution in [2.75, 3.05) is 18.5 Å². The summed E-state index contributed by atoms with van der Waals surface area (Å²) in [5.41, 5.74) is 0.766. The largest absolute Gasteiger partial charge is 0.377 e. The van der Waals surface area contributed by atoms with E-state index in [4.69, 9.17) is 17.0 Å². The van der Waals surface area contributed by atoms with Gasteiger partial charge in [0.1, 0.15) is 5.82 Å².